The van der Waals surface area contributed by atoms with E-state index in [9.17, 15) is 9.59 Å². The summed E-state index contributed by atoms with van der Waals surface area (Å²) in [6.45, 7) is 7.59. The fraction of sp³-hybridized carbons (Fsp3) is 0.556. The Morgan fingerprint density at radius 1 is 1.35 bits per heavy atom. The van der Waals surface area contributed by atoms with Gasteiger partial charge < -0.3 is 15.0 Å². The molecule has 1 aromatic carbocycles. The number of aryl methyl sites for hydroxylation is 2. The van der Waals surface area contributed by atoms with Crippen LogP contribution in [-0.2, 0) is 14.3 Å². The molecule has 2 rings (SSSR count). The zero-order valence-electron chi connectivity index (χ0n) is 14.2. The quantitative estimate of drug-likeness (QED) is 0.876. The standard InChI is InChI=1S/C18H26N2O3/c1-4-20(15-12-13(2)7-8-14(15)3)17(21)9-10-19-18(22)16-6-5-11-23-16/h7-8,12,16H,4-6,9-11H2,1-3H3,(H,19,22)/t16-/m0/s1. The number of carbonyl (C=O) groups excluding carboxylic acids is 2. The highest BCUT2D eigenvalue weighted by Crippen LogP contribution is 2.22. The molecule has 5 nitrogen and oxygen atoms in total. The van der Waals surface area contributed by atoms with E-state index in [1.165, 1.54) is 0 Å². The predicted octanol–water partition coefficient (Wildman–Crippen LogP) is 2.34. The Morgan fingerprint density at radius 3 is 2.78 bits per heavy atom. The highest BCUT2D eigenvalue weighted by Gasteiger charge is 2.23. The Balaban J connectivity index is 1.90. The average Bonchev–Trinajstić information content (AvgIpc) is 3.06. The van der Waals surface area contributed by atoms with Crippen molar-refractivity contribution < 1.29 is 14.3 Å². The normalized spacial score (nSPS) is 17.1. The molecule has 126 valence electrons. The van der Waals surface area contributed by atoms with Crippen LogP contribution in [0.1, 0.15) is 37.3 Å². The van der Waals surface area contributed by atoms with Gasteiger partial charge in [-0.1, -0.05) is 12.1 Å². The fourth-order valence-electron chi connectivity index (χ4n) is 2.82. The van der Waals surface area contributed by atoms with Gasteiger partial charge in [0.25, 0.3) is 0 Å². The Morgan fingerprint density at radius 2 is 2.13 bits per heavy atom. The number of hydrogen-bond acceptors (Lipinski definition) is 3. The molecular weight excluding hydrogens is 292 g/mol. The van der Waals surface area contributed by atoms with Crippen LogP contribution < -0.4 is 10.2 Å². The molecule has 1 N–H and O–H groups in total. The zero-order valence-corrected chi connectivity index (χ0v) is 14.2. The van der Waals surface area contributed by atoms with Crippen molar-refractivity contribution in [3.63, 3.8) is 0 Å². The van der Waals surface area contributed by atoms with E-state index >= 15 is 0 Å². The third-order valence-corrected chi connectivity index (χ3v) is 4.13. The van der Waals surface area contributed by atoms with Crippen LogP contribution in [0.5, 0.6) is 0 Å². The molecule has 0 aliphatic carbocycles. The van der Waals surface area contributed by atoms with E-state index < -0.39 is 0 Å². The van der Waals surface area contributed by atoms with Crippen molar-refractivity contribution in [3.8, 4) is 0 Å². The molecule has 0 radical (unpaired) electrons. The highest BCUT2D eigenvalue weighted by atomic mass is 16.5. The predicted molar refractivity (Wildman–Crippen MR) is 90.5 cm³/mol. The monoisotopic (exact) mass is 318 g/mol. The van der Waals surface area contributed by atoms with Gasteiger partial charge in [-0.25, -0.2) is 0 Å². The summed E-state index contributed by atoms with van der Waals surface area (Å²) in [5, 5.41) is 2.80. The number of carbonyl (C=O) groups is 2. The van der Waals surface area contributed by atoms with E-state index in [4.69, 9.17) is 4.74 Å². The lowest BCUT2D eigenvalue weighted by atomic mass is 10.1. The average molecular weight is 318 g/mol. The van der Waals surface area contributed by atoms with E-state index in [0.29, 0.717) is 26.1 Å². The largest absolute Gasteiger partial charge is 0.368 e. The van der Waals surface area contributed by atoms with Crippen LogP contribution in [-0.4, -0.2) is 37.6 Å². The van der Waals surface area contributed by atoms with Crippen molar-refractivity contribution in [2.45, 2.75) is 46.1 Å². The van der Waals surface area contributed by atoms with Crippen LogP contribution in [0.2, 0.25) is 0 Å². The summed E-state index contributed by atoms with van der Waals surface area (Å²) >= 11 is 0. The molecule has 1 aliphatic heterocycles. The Labute approximate surface area is 138 Å². The summed E-state index contributed by atoms with van der Waals surface area (Å²) in [6, 6.07) is 6.10. The van der Waals surface area contributed by atoms with E-state index in [0.717, 1.165) is 29.7 Å². The lowest BCUT2D eigenvalue weighted by Gasteiger charge is -2.23. The number of anilines is 1. The van der Waals surface area contributed by atoms with Gasteiger partial charge in [0.15, 0.2) is 0 Å². The van der Waals surface area contributed by atoms with Crippen molar-refractivity contribution in [3.05, 3.63) is 29.3 Å². The van der Waals surface area contributed by atoms with Gasteiger partial charge in [0.1, 0.15) is 6.10 Å². The molecule has 1 saturated heterocycles. The maximum absolute atomic E-state index is 12.5. The lowest BCUT2D eigenvalue weighted by molar-refractivity contribution is -0.130. The minimum atomic E-state index is -0.341. The number of benzene rings is 1. The van der Waals surface area contributed by atoms with Crippen molar-refractivity contribution in [2.75, 3.05) is 24.6 Å². The maximum atomic E-state index is 12.5. The van der Waals surface area contributed by atoms with Gasteiger partial charge in [-0.05, 0) is 50.8 Å². The first-order valence-corrected chi connectivity index (χ1v) is 8.30. The van der Waals surface area contributed by atoms with Crippen LogP contribution in [0, 0.1) is 13.8 Å². The third kappa shape index (κ3) is 4.55. The SMILES string of the molecule is CCN(C(=O)CCNC(=O)[C@@H]1CCCO1)c1cc(C)ccc1C. The first-order valence-electron chi connectivity index (χ1n) is 8.30. The number of nitrogens with one attached hydrogen (secondary N) is 1. The van der Waals surface area contributed by atoms with Crippen molar-refractivity contribution in [1.82, 2.24) is 5.32 Å². The molecule has 0 spiro atoms. The molecule has 0 saturated carbocycles. The molecule has 23 heavy (non-hydrogen) atoms. The van der Waals surface area contributed by atoms with Crippen LogP contribution in [0.15, 0.2) is 18.2 Å². The molecule has 1 fully saturated rings. The summed E-state index contributed by atoms with van der Waals surface area (Å²) in [4.78, 5) is 26.1. The number of rotatable bonds is 6. The minimum Gasteiger partial charge on any atom is -0.368 e. The van der Waals surface area contributed by atoms with Gasteiger partial charge in [0, 0.05) is 31.8 Å². The number of hydrogen-bond donors (Lipinski definition) is 1. The van der Waals surface area contributed by atoms with Gasteiger partial charge in [-0.2, -0.15) is 0 Å². The molecule has 1 aliphatic rings. The Bertz CT molecular complexity index is 565. The van der Waals surface area contributed by atoms with Gasteiger partial charge in [-0.3, -0.25) is 9.59 Å². The second-order valence-electron chi connectivity index (χ2n) is 5.97. The van der Waals surface area contributed by atoms with Gasteiger partial charge in [0.05, 0.1) is 0 Å². The van der Waals surface area contributed by atoms with Crippen LogP contribution in [0.3, 0.4) is 0 Å². The Kier molecular flexibility index (Phi) is 6.16. The summed E-state index contributed by atoms with van der Waals surface area (Å²) in [6.07, 6.45) is 1.64. The van der Waals surface area contributed by atoms with Crippen LogP contribution >= 0.6 is 0 Å². The second kappa shape index (κ2) is 8.11. The van der Waals surface area contributed by atoms with Gasteiger partial charge >= 0.3 is 0 Å². The first kappa shape index (κ1) is 17.5. The van der Waals surface area contributed by atoms with Gasteiger partial charge in [-0.15, -0.1) is 0 Å². The molecule has 1 atom stereocenters. The smallest absolute Gasteiger partial charge is 0.249 e. The van der Waals surface area contributed by atoms with Crippen molar-refractivity contribution >= 4 is 17.5 Å². The summed E-state index contributed by atoms with van der Waals surface area (Å²) < 4.78 is 5.33. The molecule has 1 heterocycles. The number of ether oxygens (including phenoxy) is 1. The summed E-state index contributed by atoms with van der Waals surface area (Å²) in [5.74, 6) is -0.0843. The minimum absolute atomic E-state index is 0.0221. The second-order valence-corrected chi connectivity index (χ2v) is 5.97. The van der Waals surface area contributed by atoms with Gasteiger partial charge in [0.2, 0.25) is 11.8 Å². The number of amides is 2. The topological polar surface area (TPSA) is 58.6 Å². The highest BCUT2D eigenvalue weighted by molar-refractivity contribution is 5.94. The fourth-order valence-corrected chi connectivity index (χ4v) is 2.82. The molecule has 0 aromatic heterocycles. The molecule has 0 unspecified atom stereocenters. The molecule has 1 aromatic rings. The van der Waals surface area contributed by atoms with E-state index in [1.807, 2.05) is 39.0 Å². The van der Waals surface area contributed by atoms with E-state index in [-0.39, 0.29) is 17.9 Å². The first-order chi connectivity index (χ1) is 11.0. The maximum Gasteiger partial charge on any atom is 0.249 e. The van der Waals surface area contributed by atoms with E-state index in [1.54, 1.807) is 4.90 Å². The lowest BCUT2D eigenvalue weighted by Crippen LogP contribution is -2.38. The van der Waals surface area contributed by atoms with Crippen molar-refractivity contribution in [1.29, 1.82) is 0 Å². The molecule has 2 amide bonds. The van der Waals surface area contributed by atoms with Crippen molar-refractivity contribution in [2.24, 2.45) is 0 Å². The molecule has 0 bridgehead atoms. The number of nitrogens with zero attached hydrogens (tertiary/aromatic N) is 1. The molecular formula is C18H26N2O3. The summed E-state index contributed by atoms with van der Waals surface area (Å²) in [7, 11) is 0. The zero-order chi connectivity index (χ0) is 16.8. The van der Waals surface area contributed by atoms with Crippen LogP contribution in [0.25, 0.3) is 0 Å². The third-order valence-electron chi connectivity index (χ3n) is 4.13. The van der Waals surface area contributed by atoms with Crippen LogP contribution in [0.4, 0.5) is 5.69 Å². The Hall–Kier alpha value is -1.88. The van der Waals surface area contributed by atoms with E-state index in [2.05, 4.69) is 5.32 Å². The molecule has 5 heteroatoms. The summed E-state index contributed by atoms with van der Waals surface area (Å²) in [5.41, 5.74) is 3.15.